The molecular formula is C24H26O13. The lowest BCUT2D eigenvalue weighted by atomic mass is 9.99. The second kappa shape index (κ2) is 10.1. The first-order chi connectivity index (χ1) is 17.7. The number of benzene rings is 2. The number of phenolic OH excluding ortho intramolecular Hbond substituents is 1. The molecule has 2 aliphatic rings. The van der Waals surface area contributed by atoms with Crippen molar-refractivity contribution in [1.82, 2.24) is 0 Å². The van der Waals surface area contributed by atoms with Crippen molar-refractivity contribution in [3.8, 4) is 11.5 Å². The van der Waals surface area contributed by atoms with Crippen molar-refractivity contribution in [2.75, 3.05) is 13.2 Å². The Kier molecular flexibility index (Phi) is 7.06. The van der Waals surface area contributed by atoms with Crippen LogP contribution in [0.25, 0.3) is 21.9 Å². The summed E-state index contributed by atoms with van der Waals surface area (Å²) in [6, 6.07) is 8.66. The van der Waals surface area contributed by atoms with Crippen LogP contribution in [0.3, 0.4) is 0 Å². The molecule has 2 aliphatic heterocycles. The van der Waals surface area contributed by atoms with Crippen molar-refractivity contribution in [1.29, 1.82) is 0 Å². The van der Waals surface area contributed by atoms with Gasteiger partial charge in [0.2, 0.25) is 11.7 Å². The van der Waals surface area contributed by atoms with Crippen molar-refractivity contribution in [2.45, 2.75) is 55.3 Å². The van der Waals surface area contributed by atoms with Gasteiger partial charge in [-0.15, -0.1) is 0 Å². The van der Waals surface area contributed by atoms with E-state index in [1.54, 1.807) is 6.07 Å². The summed E-state index contributed by atoms with van der Waals surface area (Å²) < 4.78 is 27.5. The summed E-state index contributed by atoms with van der Waals surface area (Å²) in [5, 5.41) is 70.6. The second-order valence-electron chi connectivity index (χ2n) is 8.96. The first-order valence-corrected chi connectivity index (χ1v) is 11.5. The predicted octanol–water partition coefficient (Wildman–Crippen LogP) is -1.71. The quantitative estimate of drug-likeness (QED) is 0.187. The highest BCUT2D eigenvalue weighted by atomic mass is 16.7. The summed E-state index contributed by atoms with van der Waals surface area (Å²) in [4.78, 5) is 13.0. The Morgan fingerprint density at radius 2 is 1.62 bits per heavy atom. The molecule has 0 aliphatic carbocycles. The van der Waals surface area contributed by atoms with Crippen molar-refractivity contribution in [3.05, 3.63) is 46.6 Å². The monoisotopic (exact) mass is 522 g/mol. The third-order valence-electron chi connectivity index (χ3n) is 6.45. The zero-order valence-corrected chi connectivity index (χ0v) is 19.2. The van der Waals surface area contributed by atoms with Gasteiger partial charge in [-0.25, -0.2) is 0 Å². The molecule has 0 spiro atoms. The van der Waals surface area contributed by atoms with E-state index >= 15 is 0 Å². The van der Waals surface area contributed by atoms with E-state index in [2.05, 4.69) is 0 Å². The van der Waals surface area contributed by atoms with E-state index < -0.39 is 67.3 Å². The molecule has 2 saturated heterocycles. The molecule has 0 unspecified atom stereocenters. The Labute approximate surface area is 208 Å². The molecule has 7 N–H and O–H groups in total. The fraction of sp³-hybridized carbons (Fsp3) is 0.458. The lowest BCUT2D eigenvalue weighted by molar-refractivity contribution is -0.307. The van der Waals surface area contributed by atoms with Gasteiger partial charge in [-0.1, -0.05) is 6.07 Å². The first kappa shape index (κ1) is 25.8. The largest absolute Gasteiger partial charge is 0.507 e. The van der Waals surface area contributed by atoms with Gasteiger partial charge in [0.25, 0.3) is 0 Å². The van der Waals surface area contributed by atoms with Gasteiger partial charge in [-0.2, -0.15) is 0 Å². The summed E-state index contributed by atoms with van der Waals surface area (Å²) in [6.07, 6.45) is -13.5. The van der Waals surface area contributed by atoms with E-state index in [0.717, 1.165) is 0 Å². The van der Waals surface area contributed by atoms with Gasteiger partial charge in [0.15, 0.2) is 6.29 Å². The summed E-state index contributed by atoms with van der Waals surface area (Å²) in [5.41, 5.74) is -0.0862. The van der Waals surface area contributed by atoms with Gasteiger partial charge in [0.1, 0.15) is 70.8 Å². The van der Waals surface area contributed by atoms with Crippen LogP contribution in [0.1, 0.15) is 0 Å². The molecule has 5 rings (SSSR count). The van der Waals surface area contributed by atoms with Gasteiger partial charge in [0.05, 0.1) is 18.6 Å². The molecule has 0 bridgehead atoms. The van der Waals surface area contributed by atoms with Crippen LogP contribution in [0.15, 0.2) is 45.6 Å². The third-order valence-corrected chi connectivity index (χ3v) is 6.45. The minimum atomic E-state index is -1.71. The standard InChI is InChI=1S/C24H26O13/c25-11-2-1-3-14-16(11)17(27)10-6-9(4-5-13(10)36-14)35-24-22(32)20(30)19(29)15(37-24)8-34-23-21(31)18(28)12(26)7-33-23/h1-6,12,15,18-26,28-32H,7-8H2/t12-,15+,18-,19+,20-,21+,22+,23-,24+/m0/s1. The maximum atomic E-state index is 13.0. The normalized spacial score (nSPS) is 34.6. The van der Waals surface area contributed by atoms with Crippen LogP contribution in [0.2, 0.25) is 0 Å². The molecule has 9 atom stereocenters. The molecule has 1 aromatic heterocycles. The zero-order valence-electron chi connectivity index (χ0n) is 19.2. The number of fused-ring (bicyclic) bond motifs is 2. The number of phenols is 1. The molecule has 13 heteroatoms. The Morgan fingerprint density at radius 3 is 2.41 bits per heavy atom. The molecule has 0 radical (unpaired) electrons. The molecule has 37 heavy (non-hydrogen) atoms. The zero-order chi connectivity index (χ0) is 26.4. The fourth-order valence-electron chi connectivity index (χ4n) is 4.34. The van der Waals surface area contributed by atoms with Gasteiger partial charge in [-0.05, 0) is 30.3 Å². The lowest BCUT2D eigenvalue weighted by Crippen LogP contribution is -2.61. The summed E-state index contributed by atoms with van der Waals surface area (Å²) >= 11 is 0. The van der Waals surface area contributed by atoms with Crippen LogP contribution in [0.5, 0.6) is 11.5 Å². The van der Waals surface area contributed by atoms with E-state index in [-0.39, 0.29) is 40.0 Å². The molecule has 13 nitrogen and oxygen atoms in total. The maximum Gasteiger partial charge on any atom is 0.229 e. The van der Waals surface area contributed by atoms with Crippen LogP contribution in [0.4, 0.5) is 0 Å². The SMILES string of the molecule is O=c1c2cc(O[C@@H]3O[C@H](CO[C@@H]4OC[C@H](O)[C@H](O)[C@H]4O)[C@@H](O)[C@H](O)[C@H]3O)ccc2oc2cccc(O)c12. The molecule has 2 aromatic carbocycles. The molecule has 3 aromatic rings. The number of aliphatic hydroxyl groups is 6. The average Bonchev–Trinajstić information content (AvgIpc) is 2.88. The van der Waals surface area contributed by atoms with Crippen molar-refractivity contribution < 1.29 is 59.1 Å². The van der Waals surface area contributed by atoms with Gasteiger partial charge < -0.3 is 59.1 Å². The minimum absolute atomic E-state index is 0.0124. The van der Waals surface area contributed by atoms with E-state index in [0.29, 0.717) is 0 Å². The average molecular weight is 522 g/mol. The molecule has 0 saturated carbocycles. The van der Waals surface area contributed by atoms with Crippen molar-refractivity contribution >= 4 is 21.9 Å². The van der Waals surface area contributed by atoms with Crippen LogP contribution < -0.4 is 10.2 Å². The summed E-state index contributed by atoms with van der Waals surface area (Å²) in [5.74, 6) is -0.190. The van der Waals surface area contributed by atoms with Crippen LogP contribution in [-0.2, 0) is 14.2 Å². The van der Waals surface area contributed by atoms with Crippen molar-refractivity contribution in [3.63, 3.8) is 0 Å². The number of aromatic hydroxyl groups is 1. The minimum Gasteiger partial charge on any atom is -0.507 e. The lowest BCUT2D eigenvalue weighted by Gasteiger charge is -2.41. The van der Waals surface area contributed by atoms with E-state index in [4.69, 9.17) is 23.4 Å². The van der Waals surface area contributed by atoms with E-state index in [1.165, 1.54) is 30.3 Å². The van der Waals surface area contributed by atoms with Crippen LogP contribution in [0, 0.1) is 0 Å². The van der Waals surface area contributed by atoms with E-state index in [1.807, 2.05) is 0 Å². The highest BCUT2D eigenvalue weighted by Crippen LogP contribution is 2.30. The molecule has 3 heterocycles. The summed E-state index contributed by atoms with van der Waals surface area (Å²) in [6.45, 7) is -0.741. The van der Waals surface area contributed by atoms with Gasteiger partial charge in [-0.3, -0.25) is 4.79 Å². The maximum absolute atomic E-state index is 13.0. The van der Waals surface area contributed by atoms with Gasteiger partial charge in [0, 0.05) is 0 Å². The summed E-state index contributed by atoms with van der Waals surface area (Å²) in [7, 11) is 0. The van der Waals surface area contributed by atoms with Crippen LogP contribution in [-0.4, -0.2) is 104 Å². The predicted molar refractivity (Wildman–Crippen MR) is 123 cm³/mol. The smallest absolute Gasteiger partial charge is 0.229 e. The van der Waals surface area contributed by atoms with Crippen molar-refractivity contribution in [2.24, 2.45) is 0 Å². The number of aliphatic hydroxyl groups excluding tert-OH is 6. The molecular weight excluding hydrogens is 496 g/mol. The highest BCUT2D eigenvalue weighted by molar-refractivity contribution is 5.93. The Hall–Kier alpha value is -2.85. The number of ether oxygens (including phenoxy) is 4. The highest BCUT2D eigenvalue weighted by Gasteiger charge is 2.46. The number of hydrogen-bond acceptors (Lipinski definition) is 13. The fourth-order valence-corrected chi connectivity index (χ4v) is 4.34. The third kappa shape index (κ3) is 4.77. The number of hydrogen-bond donors (Lipinski definition) is 7. The van der Waals surface area contributed by atoms with Gasteiger partial charge >= 0.3 is 0 Å². The topological polar surface area (TPSA) is 209 Å². The Bertz CT molecular complexity index is 1330. The number of rotatable bonds is 5. The second-order valence-corrected chi connectivity index (χ2v) is 8.96. The van der Waals surface area contributed by atoms with E-state index in [9.17, 15) is 40.5 Å². The van der Waals surface area contributed by atoms with Crippen LogP contribution >= 0.6 is 0 Å². The Morgan fingerprint density at radius 1 is 0.865 bits per heavy atom. The molecule has 0 amide bonds. The first-order valence-electron chi connectivity index (χ1n) is 11.5. The Balaban J connectivity index is 1.34. The molecule has 200 valence electrons. The molecule has 2 fully saturated rings.